The van der Waals surface area contributed by atoms with Gasteiger partial charge in [-0.3, -0.25) is 9.59 Å². The number of ether oxygens (including phenoxy) is 3. The molecule has 1 aliphatic carbocycles. The van der Waals surface area contributed by atoms with Crippen molar-refractivity contribution in [1.29, 1.82) is 0 Å². The lowest BCUT2D eigenvalue weighted by atomic mass is 10.0. The van der Waals surface area contributed by atoms with Crippen LogP contribution in [0.2, 0.25) is 0 Å². The van der Waals surface area contributed by atoms with Gasteiger partial charge in [-0.05, 0) is 36.6 Å². The summed E-state index contributed by atoms with van der Waals surface area (Å²) in [5.41, 5.74) is 1.99. The van der Waals surface area contributed by atoms with Gasteiger partial charge in [0, 0.05) is 23.4 Å². The van der Waals surface area contributed by atoms with Crippen molar-refractivity contribution >= 4 is 11.8 Å². The third kappa shape index (κ3) is 5.28. The molecule has 158 valence electrons. The van der Waals surface area contributed by atoms with Gasteiger partial charge in [0.2, 0.25) is 11.7 Å². The number of nitrogens with zero attached hydrogens (tertiary/aromatic N) is 1. The number of aromatic nitrogens is 1. The third-order valence-corrected chi connectivity index (χ3v) is 5.04. The van der Waals surface area contributed by atoms with Crippen LogP contribution < -0.4 is 9.47 Å². The van der Waals surface area contributed by atoms with Gasteiger partial charge in [0.1, 0.15) is 12.4 Å². The summed E-state index contributed by atoms with van der Waals surface area (Å²) in [6, 6.07) is 20.1. The molecule has 1 heterocycles. The lowest BCUT2D eigenvalue weighted by molar-refractivity contribution is -0.148. The Labute approximate surface area is 180 Å². The number of Topliss-reactive ketones (excluding diaryl/α,β-unsaturated/α-hetero) is 1. The number of methoxy groups -OCH3 is 1. The number of carbonyl (C=O) groups is 2. The van der Waals surface area contributed by atoms with Crippen LogP contribution in [0.4, 0.5) is 0 Å². The maximum Gasteiger partial charge on any atom is 0.310 e. The summed E-state index contributed by atoms with van der Waals surface area (Å²) < 4.78 is 16.5. The maximum absolute atomic E-state index is 13.1. The Morgan fingerprint density at radius 3 is 2.35 bits per heavy atom. The number of rotatable bonds is 9. The molecule has 1 unspecified atom stereocenters. The highest BCUT2D eigenvalue weighted by Gasteiger charge is 2.35. The van der Waals surface area contributed by atoms with Crippen molar-refractivity contribution in [1.82, 2.24) is 4.98 Å². The van der Waals surface area contributed by atoms with Gasteiger partial charge in [0.05, 0.1) is 13.0 Å². The molecule has 31 heavy (non-hydrogen) atoms. The number of carbonyl (C=O) groups excluding carboxylic acids is 2. The Hall–Kier alpha value is -3.67. The molecule has 1 aromatic heterocycles. The molecule has 1 atom stereocenters. The SMILES string of the molecule is COc1ccc(C(=O)C(OC(=O)C2CC2)c2ccc(OCc3ccccc3)cc2)cn1. The van der Waals surface area contributed by atoms with Gasteiger partial charge in [0.25, 0.3) is 0 Å². The molecule has 1 aliphatic rings. The van der Waals surface area contributed by atoms with E-state index in [1.165, 1.54) is 13.3 Å². The van der Waals surface area contributed by atoms with Crippen molar-refractivity contribution in [3.05, 3.63) is 89.6 Å². The molecule has 4 rings (SSSR count). The molecule has 6 nitrogen and oxygen atoms in total. The van der Waals surface area contributed by atoms with Crippen molar-refractivity contribution in [3.8, 4) is 11.6 Å². The van der Waals surface area contributed by atoms with E-state index in [9.17, 15) is 9.59 Å². The van der Waals surface area contributed by atoms with E-state index in [1.54, 1.807) is 36.4 Å². The van der Waals surface area contributed by atoms with E-state index < -0.39 is 6.10 Å². The van der Waals surface area contributed by atoms with Crippen LogP contribution in [0, 0.1) is 5.92 Å². The average Bonchev–Trinajstić information content (AvgIpc) is 3.68. The molecule has 6 heteroatoms. The maximum atomic E-state index is 13.1. The normalized spacial score (nSPS) is 13.8. The molecule has 1 saturated carbocycles. The molecule has 0 saturated heterocycles. The molecule has 0 aliphatic heterocycles. The Morgan fingerprint density at radius 1 is 1.00 bits per heavy atom. The summed E-state index contributed by atoms with van der Waals surface area (Å²) in [4.78, 5) is 29.5. The summed E-state index contributed by atoms with van der Waals surface area (Å²) in [7, 11) is 1.51. The molecule has 2 aromatic carbocycles. The lowest BCUT2D eigenvalue weighted by Gasteiger charge is -2.18. The molecule has 0 bridgehead atoms. The van der Waals surface area contributed by atoms with Crippen molar-refractivity contribution in [2.45, 2.75) is 25.6 Å². The molecular weight excluding hydrogens is 394 g/mol. The van der Waals surface area contributed by atoms with Gasteiger partial charge in [-0.2, -0.15) is 0 Å². The second kappa shape index (κ2) is 9.43. The monoisotopic (exact) mass is 417 g/mol. The Morgan fingerprint density at radius 2 is 1.74 bits per heavy atom. The number of hydrogen-bond donors (Lipinski definition) is 0. The first-order valence-electron chi connectivity index (χ1n) is 10.2. The fraction of sp³-hybridized carbons (Fsp3) is 0.240. The van der Waals surface area contributed by atoms with E-state index in [4.69, 9.17) is 14.2 Å². The summed E-state index contributed by atoms with van der Waals surface area (Å²) in [5, 5.41) is 0. The minimum Gasteiger partial charge on any atom is -0.489 e. The number of ketones is 1. The largest absolute Gasteiger partial charge is 0.489 e. The van der Waals surface area contributed by atoms with Crippen LogP contribution in [0.25, 0.3) is 0 Å². The van der Waals surface area contributed by atoms with Gasteiger partial charge in [-0.25, -0.2) is 4.98 Å². The van der Waals surface area contributed by atoms with Crippen molar-refractivity contribution in [2.24, 2.45) is 5.92 Å². The van der Waals surface area contributed by atoms with Crippen molar-refractivity contribution in [2.75, 3.05) is 7.11 Å². The fourth-order valence-electron chi connectivity index (χ4n) is 3.08. The van der Waals surface area contributed by atoms with E-state index in [2.05, 4.69) is 4.98 Å². The predicted octanol–water partition coefficient (Wildman–Crippen LogP) is 4.55. The second-order valence-corrected chi connectivity index (χ2v) is 7.39. The van der Waals surface area contributed by atoms with Crippen LogP contribution in [0.5, 0.6) is 11.6 Å². The fourth-order valence-corrected chi connectivity index (χ4v) is 3.08. The van der Waals surface area contributed by atoms with Crippen LogP contribution in [0.15, 0.2) is 72.9 Å². The van der Waals surface area contributed by atoms with Gasteiger partial charge in [-0.1, -0.05) is 42.5 Å². The zero-order valence-corrected chi connectivity index (χ0v) is 17.2. The van der Waals surface area contributed by atoms with E-state index in [0.717, 1.165) is 18.4 Å². The number of esters is 1. The standard InChI is InChI=1S/C25H23NO5/c1-29-22-14-11-20(15-26-22)23(27)24(31-25(28)19-7-8-19)18-9-12-21(13-10-18)30-16-17-5-3-2-4-6-17/h2-6,9-15,19,24H,7-8,16H2,1H3. The quantitative estimate of drug-likeness (QED) is 0.376. The molecule has 0 radical (unpaired) electrons. The van der Waals surface area contributed by atoms with Gasteiger partial charge in [0.15, 0.2) is 6.10 Å². The molecule has 0 N–H and O–H groups in total. The molecule has 0 spiro atoms. The smallest absolute Gasteiger partial charge is 0.310 e. The molecule has 1 fully saturated rings. The highest BCUT2D eigenvalue weighted by molar-refractivity contribution is 6.01. The van der Waals surface area contributed by atoms with E-state index >= 15 is 0 Å². The average molecular weight is 417 g/mol. The summed E-state index contributed by atoms with van der Waals surface area (Å²) in [6.07, 6.45) is 1.99. The lowest BCUT2D eigenvalue weighted by Crippen LogP contribution is -2.21. The van der Waals surface area contributed by atoms with Crippen LogP contribution in [0.1, 0.15) is 40.4 Å². The molecule has 3 aromatic rings. The van der Waals surface area contributed by atoms with Crippen LogP contribution in [-0.2, 0) is 16.1 Å². The minimum atomic E-state index is -1.04. The van der Waals surface area contributed by atoms with Crippen molar-refractivity contribution in [3.63, 3.8) is 0 Å². The minimum absolute atomic E-state index is 0.113. The van der Waals surface area contributed by atoms with Crippen molar-refractivity contribution < 1.29 is 23.8 Å². The summed E-state index contributed by atoms with van der Waals surface area (Å²) in [6.45, 7) is 0.441. The summed E-state index contributed by atoms with van der Waals surface area (Å²) >= 11 is 0. The first kappa shape index (κ1) is 20.6. The molecule has 0 amide bonds. The first-order valence-corrected chi connectivity index (χ1v) is 10.2. The topological polar surface area (TPSA) is 74.7 Å². The predicted molar refractivity (Wildman–Crippen MR) is 114 cm³/mol. The Bertz CT molecular complexity index is 1030. The van der Waals surface area contributed by atoms with E-state index in [-0.39, 0.29) is 17.7 Å². The zero-order valence-electron chi connectivity index (χ0n) is 17.2. The first-order chi connectivity index (χ1) is 15.1. The highest BCUT2D eigenvalue weighted by Crippen LogP contribution is 2.34. The number of hydrogen-bond acceptors (Lipinski definition) is 6. The third-order valence-electron chi connectivity index (χ3n) is 5.04. The number of benzene rings is 2. The van der Waals surface area contributed by atoms with Crippen LogP contribution >= 0.6 is 0 Å². The summed E-state index contributed by atoms with van der Waals surface area (Å²) in [5.74, 6) is 0.283. The Balaban J connectivity index is 1.51. The van der Waals surface area contributed by atoms with E-state index in [0.29, 0.717) is 29.4 Å². The van der Waals surface area contributed by atoms with Gasteiger partial charge in [-0.15, -0.1) is 0 Å². The van der Waals surface area contributed by atoms with Gasteiger partial charge < -0.3 is 14.2 Å². The molecular formula is C25H23NO5. The highest BCUT2D eigenvalue weighted by atomic mass is 16.5. The van der Waals surface area contributed by atoms with Gasteiger partial charge >= 0.3 is 5.97 Å². The van der Waals surface area contributed by atoms with Crippen LogP contribution in [-0.4, -0.2) is 23.8 Å². The second-order valence-electron chi connectivity index (χ2n) is 7.39. The Kier molecular flexibility index (Phi) is 6.26. The number of pyridine rings is 1. The van der Waals surface area contributed by atoms with E-state index in [1.807, 2.05) is 30.3 Å². The zero-order chi connectivity index (χ0) is 21.6. The van der Waals surface area contributed by atoms with Crippen LogP contribution in [0.3, 0.4) is 0 Å².